The summed E-state index contributed by atoms with van der Waals surface area (Å²) < 4.78 is 0. The normalized spacial score (nSPS) is 15.1. The summed E-state index contributed by atoms with van der Waals surface area (Å²) in [6.45, 7) is 6.30. The van der Waals surface area contributed by atoms with Gasteiger partial charge >= 0.3 is 0 Å². The Morgan fingerprint density at radius 2 is 2.00 bits per heavy atom. The topological polar surface area (TPSA) is 75.3 Å². The summed E-state index contributed by atoms with van der Waals surface area (Å²) in [7, 11) is 0. The summed E-state index contributed by atoms with van der Waals surface area (Å²) >= 11 is 0. The van der Waals surface area contributed by atoms with Gasteiger partial charge in [0.2, 0.25) is 5.91 Å². The van der Waals surface area contributed by atoms with Gasteiger partial charge in [0.15, 0.2) is 0 Å². The van der Waals surface area contributed by atoms with Crippen LogP contribution in [0.1, 0.15) is 40.0 Å². The van der Waals surface area contributed by atoms with Crippen LogP contribution in [0.5, 0.6) is 0 Å². The molecule has 0 rings (SSSR count). The van der Waals surface area contributed by atoms with E-state index < -0.39 is 6.10 Å². The van der Waals surface area contributed by atoms with Crippen molar-refractivity contribution in [2.24, 2.45) is 11.7 Å². The molecule has 0 bridgehead atoms. The molecule has 0 aromatic carbocycles. The van der Waals surface area contributed by atoms with Crippen LogP contribution in [0.2, 0.25) is 0 Å². The predicted molar refractivity (Wildman–Crippen MR) is 61.4 cm³/mol. The van der Waals surface area contributed by atoms with Crippen LogP contribution in [0.25, 0.3) is 0 Å². The second-order valence-electron chi connectivity index (χ2n) is 4.60. The van der Waals surface area contributed by atoms with E-state index in [-0.39, 0.29) is 11.9 Å². The number of carbonyl (C=O) groups is 1. The van der Waals surface area contributed by atoms with Crippen LogP contribution < -0.4 is 11.1 Å². The van der Waals surface area contributed by atoms with E-state index in [0.717, 1.165) is 0 Å². The Labute approximate surface area is 92.2 Å². The van der Waals surface area contributed by atoms with Gasteiger partial charge in [0, 0.05) is 19.0 Å². The van der Waals surface area contributed by atoms with Crippen LogP contribution in [-0.2, 0) is 4.79 Å². The number of hydrogen-bond acceptors (Lipinski definition) is 3. The fraction of sp³-hybridized carbons (Fsp3) is 0.909. The van der Waals surface area contributed by atoms with Gasteiger partial charge in [-0.2, -0.15) is 0 Å². The van der Waals surface area contributed by atoms with Crippen molar-refractivity contribution < 1.29 is 9.90 Å². The average molecular weight is 216 g/mol. The number of rotatable bonds is 7. The zero-order valence-electron chi connectivity index (χ0n) is 9.99. The molecule has 0 aliphatic heterocycles. The molecule has 4 nitrogen and oxygen atoms in total. The summed E-state index contributed by atoms with van der Waals surface area (Å²) in [4.78, 5) is 11.3. The number of aliphatic hydroxyl groups excluding tert-OH is 1. The van der Waals surface area contributed by atoms with Crippen molar-refractivity contribution in [1.29, 1.82) is 0 Å². The fourth-order valence-corrected chi connectivity index (χ4v) is 1.31. The Balaban J connectivity index is 3.53. The second-order valence-corrected chi connectivity index (χ2v) is 4.60. The van der Waals surface area contributed by atoms with Crippen LogP contribution in [0.15, 0.2) is 0 Å². The number of hydrogen-bond donors (Lipinski definition) is 3. The van der Waals surface area contributed by atoms with Crippen molar-refractivity contribution in [2.45, 2.75) is 52.2 Å². The van der Waals surface area contributed by atoms with E-state index in [1.807, 2.05) is 20.8 Å². The lowest BCUT2D eigenvalue weighted by molar-refractivity contribution is -0.121. The zero-order chi connectivity index (χ0) is 11.8. The number of nitrogens with two attached hydrogens (primary N) is 1. The van der Waals surface area contributed by atoms with Crippen LogP contribution in [-0.4, -0.2) is 29.7 Å². The third-order valence-electron chi connectivity index (χ3n) is 2.11. The monoisotopic (exact) mass is 216 g/mol. The molecule has 4 heteroatoms. The minimum atomic E-state index is -0.441. The summed E-state index contributed by atoms with van der Waals surface area (Å²) in [6, 6.07) is 0.0522. The molecule has 0 radical (unpaired) electrons. The molecule has 0 aromatic rings. The molecule has 0 heterocycles. The quantitative estimate of drug-likeness (QED) is 0.584. The largest absolute Gasteiger partial charge is 0.391 e. The maximum absolute atomic E-state index is 11.3. The molecule has 0 aromatic heterocycles. The fourth-order valence-electron chi connectivity index (χ4n) is 1.31. The highest BCUT2D eigenvalue weighted by molar-refractivity contribution is 5.75. The summed E-state index contributed by atoms with van der Waals surface area (Å²) in [5.74, 6) is 0.413. The van der Waals surface area contributed by atoms with Crippen molar-refractivity contribution >= 4 is 5.91 Å². The van der Waals surface area contributed by atoms with E-state index in [1.54, 1.807) is 0 Å². The third-order valence-corrected chi connectivity index (χ3v) is 2.11. The minimum Gasteiger partial charge on any atom is -0.391 e. The Hall–Kier alpha value is -0.610. The first kappa shape index (κ1) is 14.4. The van der Waals surface area contributed by atoms with Crippen LogP contribution >= 0.6 is 0 Å². The molecule has 0 fully saturated rings. The first-order valence-electron chi connectivity index (χ1n) is 5.62. The number of aliphatic hydroxyl groups is 1. The van der Waals surface area contributed by atoms with Gasteiger partial charge in [-0.1, -0.05) is 13.8 Å². The second kappa shape index (κ2) is 7.65. The highest BCUT2D eigenvalue weighted by Gasteiger charge is 2.09. The van der Waals surface area contributed by atoms with Gasteiger partial charge in [-0.25, -0.2) is 0 Å². The molecule has 0 saturated carbocycles. The lowest BCUT2D eigenvalue weighted by Crippen LogP contribution is -2.33. The SMILES string of the molecule is CC(C)CC(O)CNC(=O)CCC(C)N. The van der Waals surface area contributed by atoms with E-state index in [0.29, 0.717) is 31.7 Å². The van der Waals surface area contributed by atoms with Gasteiger partial charge in [-0.15, -0.1) is 0 Å². The third kappa shape index (κ3) is 9.69. The molecule has 4 N–H and O–H groups in total. The minimum absolute atomic E-state index is 0.0323. The first-order chi connectivity index (χ1) is 6.91. The number of carbonyl (C=O) groups excluding carboxylic acids is 1. The maximum atomic E-state index is 11.3. The van der Waals surface area contributed by atoms with Crippen molar-refractivity contribution in [3.05, 3.63) is 0 Å². The van der Waals surface area contributed by atoms with Gasteiger partial charge in [0.05, 0.1) is 6.10 Å². The van der Waals surface area contributed by atoms with Crippen molar-refractivity contribution in [3.8, 4) is 0 Å². The molecule has 2 unspecified atom stereocenters. The summed E-state index contributed by atoms with van der Waals surface area (Å²) in [6.07, 6.45) is 1.40. The molecule has 15 heavy (non-hydrogen) atoms. The molecular weight excluding hydrogens is 192 g/mol. The Morgan fingerprint density at radius 1 is 1.40 bits per heavy atom. The van der Waals surface area contributed by atoms with Crippen molar-refractivity contribution in [1.82, 2.24) is 5.32 Å². The average Bonchev–Trinajstić information content (AvgIpc) is 2.10. The van der Waals surface area contributed by atoms with E-state index in [4.69, 9.17) is 5.73 Å². The molecule has 90 valence electrons. The predicted octanol–water partition coefficient (Wildman–Crippen LogP) is 0.637. The maximum Gasteiger partial charge on any atom is 0.220 e. The van der Waals surface area contributed by atoms with Gasteiger partial charge in [0.25, 0.3) is 0 Å². The van der Waals surface area contributed by atoms with E-state index in [9.17, 15) is 9.90 Å². The summed E-state index contributed by atoms with van der Waals surface area (Å²) in [5.41, 5.74) is 5.53. The van der Waals surface area contributed by atoms with E-state index in [1.165, 1.54) is 0 Å². The van der Waals surface area contributed by atoms with Crippen molar-refractivity contribution in [2.75, 3.05) is 6.54 Å². The lowest BCUT2D eigenvalue weighted by Gasteiger charge is -2.14. The van der Waals surface area contributed by atoms with Crippen LogP contribution in [0.4, 0.5) is 0 Å². The molecule has 0 aliphatic carbocycles. The Bertz CT molecular complexity index is 181. The lowest BCUT2D eigenvalue weighted by atomic mass is 10.1. The van der Waals surface area contributed by atoms with Crippen molar-refractivity contribution in [3.63, 3.8) is 0 Å². The Morgan fingerprint density at radius 3 is 2.47 bits per heavy atom. The highest BCUT2D eigenvalue weighted by atomic mass is 16.3. The number of amides is 1. The van der Waals surface area contributed by atoms with Gasteiger partial charge < -0.3 is 16.2 Å². The molecule has 0 aliphatic rings. The molecule has 0 saturated heterocycles. The van der Waals surface area contributed by atoms with E-state index >= 15 is 0 Å². The molecule has 0 spiro atoms. The standard InChI is InChI=1S/C11H24N2O2/c1-8(2)6-10(14)7-13-11(15)5-4-9(3)12/h8-10,14H,4-7,12H2,1-3H3,(H,13,15). The summed E-state index contributed by atoms with van der Waals surface area (Å²) in [5, 5.41) is 12.2. The smallest absolute Gasteiger partial charge is 0.220 e. The molecule has 1 amide bonds. The molecular formula is C11H24N2O2. The van der Waals surface area contributed by atoms with E-state index in [2.05, 4.69) is 5.32 Å². The van der Waals surface area contributed by atoms with Gasteiger partial charge in [-0.3, -0.25) is 4.79 Å². The number of nitrogens with one attached hydrogen (secondary N) is 1. The zero-order valence-corrected chi connectivity index (χ0v) is 9.99. The van der Waals surface area contributed by atoms with Crippen LogP contribution in [0, 0.1) is 5.92 Å². The highest BCUT2D eigenvalue weighted by Crippen LogP contribution is 2.03. The first-order valence-corrected chi connectivity index (χ1v) is 5.62. The van der Waals surface area contributed by atoms with Gasteiger partial charge in [0.1, 0.15) is 0 Å². The van der Waals surface area contributed by atoms with Gasteiger partial charge in [-0.05, 0) is 25.7 Å². The van der Waals surface area contributed by atoms with Crippen LogP contribution in [0.3, 0.4) is 0 Å². The Kier molecular flexibility index (Phi) is 7.34. The molecule has 2 atom stereocenters.